The van der Waals surface area contributed by atoms with Gasteiger partial charge in [0, 0.05) is 12.1 Å². The zero-order valence-electron chi connectivity index (χ0n) is 9.83. The van der Waals surface area contributed by atoms with Gasteiger partial charge in [0.2, 0.25) is 0 Å². The van der Waals surface area contributed by atoms with E-state index < -0.39 is 0 Å². The zero-order chi connectivity index (χ0) is 10.7. The first-order chi connectivity index (χ1) is 7.24. The molecule has 88 valence electrons. The van der Waals surface area contributed by atoms with Gasteiger partial charge in [-0.2, -0.15) is 0 Å². The molecule has 2 fully saturated rings. The average molecular weight is 210 g/mol. The van der Waals surface area contributed by atoms with E-state index >= 15 is 0 Å². The molecule has 2 rings (SSSR count). The van der Waals surface area contributed by atoms with Crippen molar-refractivity contribution in [2.75, 3.05) is 0 Å². The van der Waals surface area contributed by atoms with Gasteiger partial charge in [-0.25, -0.2) is 0 Å². The minimum Gasteiger partial charge on any atom is -0.328 e. The lowest BCUT2D eigenvalue weighted by atomic mass is 9.76. The molecule has 0 aromatic carbocycles. The van der Waals surface area contributed by atoms with Crippen LogP contribution in [0, 0.1) is 11.8 Å². The molecule has 2 saturated carbocycles. The topological polar surface area (TPSA) is 52.0 Å². The van der Waals surface area contributed by atoms with E-state index in [2.05, 4.69) is 0 Å². The third-order valence-electron chi connectivity index (χ3n) is 4.45. The SMILES string of the molecule is N[C@H]1CC[C@H](C[C@H]2CC[C@@H](N)CC2)CC1. The largest absolute Gasteiger partial charge is 0.328 e. The molecule has 0 saturated heterocycles. The fraction of sp³-hybridized carbons (Fsp3) is 1.00. The van der Waals surface area contributed by atoms with Gasteiger partial charge in [-0.1, -0.05) is 0 Å². The standard InChI is InChI=1S/C13H26N2/c14-12-5-1-10(2-6-12)9-11-3-7-13(15)8-4-11/h10-13H,1-9,14-15H2/t10-,11-,12-,13+. The van der Waals surface area contributed by atoms with Crippen LogP contribution < -0.4 is 11.5 Å². The Bertz CT molecular complexity index is 157. The smallest absolute Gasteiger partial charge is 0.00390 e. The van der Waals surface area contributed by atoms with E-state index in [4.69, 9.17) is 11.5 Å². The van der Waals surface area contributed by atoms with Crippen LogP contribution in [0.25, 0.3) is 0 Å². The molecule has 0 aromatic heterocycles. The van der Waals surface area contributed by atoms with Crippen LogP contribution in [0.4, 0.5) is 0 Å². The van der Waals surface area contributed by atoms with Crippen molar-refractivity contribution in [1.82, 2.24) is 0 Å². The molecule has 0 aliphatic heterocycles. The maximum Gasteiger partial charge on any atom is 0.00390 e. The Balaban J connectivity index is 1.68. The van der Waals surface area contributed by atoms with Gasteiger partial charge < -0.3 is 11.5 Å². The molecule has 0 bridgehead atoms. The van der Waals surface area contributed by atoms with E-state index in [0.717, 1.165) is 11.8 Å². The first-order valence-corrected chi connectivity index (χ1v) is 6.75. The van der Waals surface area contributed by atoms with Gasteiger partial charge in [-0.3, -0.25) is 0 Å². The molecule has 0 aromatic rings. The highest BCUT2D eigenvalue weighted by molar-refractivity contribution is 4.80. The Morgan fingerprint density at radius 3 is 1.27 bits per heavy atom. The van der Waals surface area contributed by atoms with Crippen molar-refractivity contribution in [2.24, 2.45) is 23.3 Å². The third-order valence-corrected chi connectivity index (χ3v) is 4.45. The first-order valence-electron chi connectivity index (χ1n) is 6.75. The van der Waals surface area contributed by atoms with Crippen molar-refractivity contribution in [3.63, 3.8) is 0 Å². The number of nitrogens with two attached hydrogens (primary N) is 2. The van der Waals surface area contributed by atoms with Crippen molar-refractivity contribution < 1.29 is 0 Å². The van der Waals surface area contributed by atoms with Gasteiger partial charge in [0.05, 0.1) is 0 Å². The van der Waals surface area contributed by atoms with Crippen molar-refractivity contribution in [3.8, 4) is 0 Å². The Kier molecular flexibility index (Phi) is 4.04. The van der Waals surface area contributed by atoms with Crippen molar-refractivity contribution in [2.45, 2.75) is 69.9 Å². The second-order valence-electron chi connectivity index (χ2n) is 5.80. The summed E-state index contributed by atoms with van der Waals surface area (Å²) < 4.78 is 0. The van der Waals surface area contributed by atoms with Crippen molar-refractivity contribution >= 4 is 0 Å². The molecule has 0 unspecified atom stereocenters. The lowest BCUT2D eigenvalue weighted by Crippen LogP contribution is -2.30. The normalized spacial score (nSPS) is 42.8. The number of hydrogen-bond acceptors (Lipinski definition) is 2. The summed E-state index contributed by atoms with van der Waals surface area (Å²) in [5.41, 5.74) is 11.9. The van der Waals surface area contributed by atoms with Gasteiger partial charge in [-0.05, 0) is 69.6 Å². The molecule has 0 amide bonds. The van der Waals surface area contributed by atoms with Crippen LogP contribution in [0.5, 0.6) is 0 Å². The minimum absolute atomic E-state index is 0.501. The molecule has 0 heterocycles. The van der Waals surface area contributed by atoms with Crippen LogP contribution in [0.1, 0.15) is 57.8 Å². The Morgan fingerprint density at radius 2 is 0.933 bits per heavy atom. The van der Waals surface area contributed by atoms with E-state index in [-0.39, 0.29) is 0 Å². The molecule has 15 heavy (non-hydrogen) atoms. The third kappa shape index (κ3) is 3.46. The van der Waals surface area contributed by atoms with Crippen molar-refractivity contribution in [3.05, 3.63) is 0 Å². The number of hydrogen-bond donors (Lipinski definition) is 2. The second-order valence-corrected chi connectivity index (χ2v) is 5.80. The summed E-state index contributed by atoms with van der Waals surface area (Å²) in [4.78, 5) is 0. The molecule has 2 aliphatic carbocycles. The lowest BCUT2D eigenvalue weighted by Gasteiger charge is -2.32. The summed E-state index contributed by atoms with van der Waals surface area (Å²) in [5.74, 6) is 1.95. The molecule has 2 nitrogen and oxygen atoms in total. The summed E-state index contributed by atoms with van der Waals surface area (Å²) in [5, 5.41) is 0. The van der Waals surface area contributed by atoms with Crippen LogP contribution >= 0.6 is 0 Å². The molecule has 2 heteroatoms. The highest BCUT2D eigenvalue weighted by Crippen LogP contribution is 2.34. The van der Waals surface area contributed by atoms with E-state index in [9.17, 15) is 0 Å². The van der Waals surface area contributed by atoms with Crippen LogP contribution in [-0.2, 0) is 0 Å². The van der Waals surface area contributed by atoms with Gasteiger partial charge in [0.1, 0.15) is 0 Å². The lowest BCUT2D eigenvalue weighted by molar-refractivity contribution is 0.225. The average Bonchev–Trinajstić information content (AvgIpc) is 2.25. The summed E-state index contributed by atoms with van der Waals surface area (Å²) in [6.45, 7) is 0. The molecule has 4 N–H and O–H groups in total. The van der Waals surface area contributed by atoms with Gasteiger partial charge in [-0.15, -0.1) is 0 Å². The fourth-order valence-corrected chi connectivity index (χ4v) is 3.32. The van der Waals surface area contributed by atoms with Gasteiger partial charge in [0.25, 0.3) is 0 Å². The predicted octanol–water partition coefficient (Wildman–Crippen LogP) is 2.41. The Morgan fingerprint density at radius 1 is 0.600 bits per heavy atom. The highest BCUT2D eigenvalue weighted by atomic mass is 14.6. The predicted molar refractivity (Wildman–Crippen MR) is 64.5 cm³/mol. The van der Waals surface area contributed by atoms with E-state index in [1.54, 1.807) is 0 Å². The minimum atomic E-state index is 0.501. The van der Waals surface area contributed by atoms with E-state index in [1.165, 1.54) is 57.8 Å². The van der Waals surface area contributed by atoms with Crippen LogP contribution in [0.2, 0.25) is 0 Å². The monoisotopic (exact) mass is 210 g/mol. The van der Waals surface area contributed by atoms with Crippen LogP contribution in [-0.4, -0.2) is 12.1 Å². The molecule has 2 aliphatic rings. The van der Waals surface area contributed by atoms with Gasteiger partial charge >= 0.3 is 0 Å². The molecule has 0 radical (unpaired) electrons. The van der Waals surface area contributed by atoms with E-state index in [1.807, 2.05) is 0 Å². The molecular weight excluding hydrogens is 184 g/mol. The fourth-order valence-electron chi connectivity index (χ4n) is 3.32. The second kappa shape index (κ2) is 5.31. The summed E-state index contributed by atoms with van der Waals surface area (Å²) in [7, 11) is 0. The highest BCUT2D eigenvalue weighted by Gasteiger charge is 2.24. The summed E-state index contributed by atoms with van der Waals surface area (Å²) in [6, 6.07) is 1.00. The number of rotatable bonds is 2. The maximum absolute atomic E-state index is 5.93. The molecule has 0 atom stereocenters. The van der Waals surface area contributed by atoms with Crippen molar-refractivity contribution in [1.29, 1.82) is 0 Å². The van der Waals surface area contributed by atoms with Crippen LogP contribution in [0.3, 0.4) is 0 Å². The van der Waals surface area contributed by atoms with E-state index in [0.29, 0.717) is 12.1 Å². The van der Waals surface area contributed by atoms with Gasteiger partial charge in [0.15, 0.2) is 0 Å². The molecular formula is C13H26N2. The summed E-state index contributed by atoms with van der Waals surface area (Å²) in [6.07, 6.45) is 12.0. The summed E-state index contributed by atoms with van der Waals surface area (Å²) >= 11 is 0. The zero-order valence-corrected chi connectivity index (χ0v) is 9.83. The maximum atomic E-state index is 5.93. The quantitative estimate of drug-likeness (QED) is 0.735. The Labute approximate surface area is 93.8 Å². The van der Waals surface area contributed by atoms with Crippen LogP contribution in [0.15, 0.2) is 0 Å². The molecule has 0 spiro atoms. The first kappa shape index (κ1) is 11.4. The Hall–Kier alpha value is -0.0800.